The van der Waals surface area contributed by atoms with Crippen LogP contribution in [-0.2, 0) is 4.79 Å². The van der Waals surface area contributed by atoms with Crippen molar-refractivity contribution in [1.29, 1.82) is 0 Å². The van der Waals surface area contributed by atoms with E-state index in [9.17, 15) is 23.5 Å². The molecule has 0 saturated carbocycles. The van der Waals surface area contributed by atoms with Crippen molar-refractivity contribution >= 4 is 12.0 Å². The fraction of sp³-hybridized carbons (Fsp3) is 0.300. The van der Waals surface area contributed by atoms with Crippen molar-refractivity contribution in [2.24, 2.45) is 5.92 Å². The molecule has 2 aromatic carbocycles. The molecule has 7 heteroatoms. The third-order valence-electron chi connectivity index (χ3n) is 4.95. The number of benzene rings is 2. The summed E-state index contributed by atoms with van der Waals surface area (Å²) in [5.41, 5.74) is 1.05. The number of amides is 2. The smallest absolute Gasteiger partial charge is 0.407 e. The van der Waals surface area contributed by atoms with Crippen LogP contribution >= 0.6 is 0 Å². The van der Waals surface area contributed by atoms with Gasteiger partial charge in [-0.25, -0.2) is 13.6 Å². The zero-order valence-corrected chi connectivity index (χ0v) is 14.7. The zero-order valence-electron chi connectivity index (χ0n) is 14.7. The lowest BCUT2D eigenvalue weighted by Crippen LogP contribution is -2.36. The van der Waals surface area contributed by atoms with Crippen LogP contribution in [-0.4, -0.2) is 35.1 Å². The summed E-state index contributed by atoms with van der Waals surface area (Å²) in [4.78, 5) is 25.3. The molecule has 1 heterocycles. The molecule has 0 aromatic heterocycles. The Morgan fingerprint density at radius 2 is 1.85 bits per heavy atom. The lowest BCUT2D eigenvalue weighted by Gasteiger charge is -2.21. The Hall–Kier alpha value is -2.96. The molecule has 2 N–H and O–H groups in total. The first-order valence-corrected chi connectivity index (χ1v) is 8.65. The van der Waals surface area contributed by atoms with Crippen LogP contribution in [0.2, 0.25) is 0 Å². The van der Waals surface area contributed by atoms with E-state index in [4.69, 9.17) is 0 Å². The molecule has 5 nitrogen and oxygen atoms in total. The van der Waals surface area contributed by atoms with Crippen molar-refractivity contribution in [3.8, 4) is 0 Å². The summed E-state index contributed by atoms with van der Waals surface area (Å²) in [7, 11) is 0. The van der Waals surface area contributed by atoms with Gasteiger partial charge in [-0.2, -0.15) is 0 Å². The van der Waals surface area contributed by atoms with Crippen LogP contribution in [0.15, 0.2) is 48.5 Å². The lowest BCUT2D eigenvalue weighted by molar-refractivity contribution is -0.125. The highest BCUT2D eigenvalue weighted by Crippen LogP contribution is 2.35. The summed E-state index contributed by atoms with van der Waals surface area (Å²) < 4.78 is 27.5. The minimum atomic E-state index is -1.17. The first-order chi connectivity index (χ1) is 12.9. The Kier molecular flexibility index (Phi) is 5.39. The second kappa shape index (κ2) is 7.73. The van der Waals surface area contributed by atoms with Gasteiger partial charge in [0, 0.05) is 25.1 Å². The maximum Gasteiger partial charge on any atom is 0.407 e. The van der Waals surface area contributed by atoms with Crippen molar-refractivity contribution in [1.82, 2.24) is 10.2 Å². The number of nitrogens with zero attached hydrogens (tertiary/aromatic N) is 1. The Bertz CT molecular complexity index is 844. The van der Waals surface area contributed by atoms with E-state index in [0.29, 0.717) is 0 Å². The van der Waals surface area contributed by atoms with E-state index in [1.165, 1.54) is 6.07 Å². The van der Waals surface area contributed by atoms with Gasteiger partial charge in [0.05, 0.1) is 12.0 Å². The number of hydrogen-bond acceptors (Lipinski definition) is 2. The van der Waals surface area contributed by atoms with Gasteiger partial charge < -0.3 is 15.3 Å². The predicted molar refractivity (Wildman–Crippen MR) is 95.2 cm³/mol. The minimum Gasteiger partial charge on any atom is -0.465 e. The molecule has 0 unspecified atom stereocenters. The number of halogens is 2. The fourth-order valence-corrected chi connectivity index (χ4v) is 3.49. The van der Waals surface area contributed by atoms with Crippen LogP contribution in [0.1, 0.15) is 30.0 Å². The Balaban J connectivity index is 1.83. The quantitative estimate of drug-likeness (QED) is 0.860. The third kappa shape index (κ3) is 4.07. The van der Waals surface area contributed by atoms with Crippen LogP contribution in [0.25, 0.3) is 0 Å². The van der Waals surface area contributed by atoms with Crippen molar-refractivity contribution in [3.63, 3.8) is 0 Å². The van der Waals surface area contributed by atoms with E-state index in [1.807, 2.05) is 37.3 Å². The molecule has 2 aromatic rings. The molecule has 0 spiro atoms. The number of hydrogen-bond donors (Lipinski definition) is 2. The van der Waals surface area contributed by atoms with Crippen LogP contribution in [0.5, 0.6) is 0 Å². The number of carbonyl (C=O) groups excluding carboxylic acids is 1. The van der Waals surface area contributed by atoms with Crippen LogP contribution in [0, 0.1) is 17.6 Å². The average molecular weight is 374 g/mol. The van der Waals surface area contributed by atoms with Crippen LogP contribution < -0.4 is 5.32 Å². The first kappa shape index (κ1) is 18.8. The second-order valence-electron chi connectivity index (χ2n) is 6.71. The fourth-order valence-electron chi connectivity index (χ4n) is 3.49. The molecule has 0 bridgehead atoms. The van der Waals surface area contributed by atoms with Gasteiger partial charge in [0.25, 0.3) is 0 Å². The molecule has 3 atom stereocenters. The second-order valence-corrected chi connectivity index (χ2v) is 6.71. The molecule has 1 aliphatic rings. The summed E-state index contributed by atoms with van der Waals surface area (Å²) in [6.45, 7) is 1.77. The summed E-state index contributed by atoms with van der Waals surface area (Å²) in [5.74, 6) is -3.29. The summed E-state index contributed by atoms with van der Waals surface area (Å²) in [6, 6.07) is 12.2. The van der Waals surface area contributed by atoms with Gasteiger partial charge in [0.2, 0.25) is 5.91 Å². The zero-order chi connectivity index (χ0) is 19.6. The molecule has 0 aliphatic carbocycles. The van der Waals surface area contributed by atoms with E-state index in [2.05, 4.69) is 5.32 Å². The number of rotatable bonds is 4. The lowest BCUT2D eigenvalue weighted by atomic mass is 9.87. The standard InChI is InChI=1S/C20H20F2N2O3/c1-12(13-5-3-2-4-6-13)23-19(25)17-11-24(20(26)27)10-16(17)15-8-7-14(21)9-18(15)22/h2-9,12,16-17H,10-11H2,1H3,(H,23,25)(H,26,27)/t12-,16+,17-/m1/s1. The van der Waals surface area contributed by atoms with E-state index in [0.717, 1.165) is 22.6 Å². The Morgan fingerprint density at radius 1 is 1.15 bits per heavy atom. The first-order valence-electron chi connectivity index (χ1n) is 8.65. The molecule has 2 amide bonds. The maximum absolute atomic E-state index is 14.3. The molecular weight excluding hydrogens is 354 g/mol. The summed E-state index contributed by atoms with van der Waals surface area (Å²) >= 11 is 0. The van der Waals surface area contributed by atoms with Crippen LogP contribution in [0.4, 0.5) is 13.6 Å². The molecular formula is C20H20F2N2O3. The number of likely N-dealkylation sites (tertiary alicyclic amines) is 1. The number of nitrogens with one attached hydrogen (secondary N) is 1. The van der Waals surface area contributed by atoms with Crippen molar-refractivity contribution in [3.05, 3.63) is 71.3 Å². The largest absolute Gasteiger partial charge is 0.465 e. The Morgan fingerprint density at radius 3 is 2.48 bits per heavy atom. The van der Waals surface area contributed by atoms with Gasteiger partial charge in [-0.3, -0.25) is 4.79 Å². The highest BCUT2D eigenvalue weighted by Gasteiger charge is 2.41. The van der Waals surface area contributed by atoms with Gasteiger partial charge in [-0.15, -0.1) is 0 Å². The van der Waals surface area contributed by atoms with Crippen LogP contribution in [0.3, 0.4) is 0 Å². The van der Waals surface area contributed by atoms with Gasteiger partial charge in [0.15, 0.2) is 0 Å². The molecule has 3 rings (SSSR count). The minimum absolute atomic E-state index is 0.0182. The van der Waals surface area contributed by atoms with Gasteiger partial charge in [-0.1, -0.05) is 36.4 Å². The van der Waals surface area contributed by atoms with Crippen molar-refractivity contribution < 1.29 is 23.5 Å². The van der Waals surface area contributed by atoms with Gasteiger partial charge in [0.1, 0.15) is 11.6 Å². The SMILES string of the molecule is C[C@@H](NC(=O)[C@@H]1CN(C(=O)O)C[C@H]1c1ccc(F)cc1F)c1ccccc1. The molecule has 1 aliphatic heterocycles. The monoisotopic (exact) mass is 374 g/mol. The molecule has 27 heavy (non-hydrogen) atoms. The van der Waals surface area contributed by atoms with E-state index >= 15 is 0 Å². The number of carbonyl (C=O) groups is 2. The average Bonchev–Trinajstić information content (AvgIpc) is 3.08. The highest BCUT2D eigenvalue weighted by atomic mass is 19.1. The predicted octanol–water partition coefficient (Wildman–Crippen LogP) is 3.54. The number of carboxylic acid groups (broad SMARTS) is 1. The van der Waals surface area contributed by atoms with Crippen molar-refractivity contribution in [2.75, 3.05) is 13.1 Å². The van der Waals surface area contributed by atoms with E-state index < -0.39 is 29.6 Å². The maximum atomic E-state index is 14.3. The van der Waals surface area contributed by atoms with Gasteiger partial charge in [-0.05, 0) is 24.1 Å². The molecule has 1 fully saturated rings. The summed E-state index contributed by atoms with van der Waals surface area (Å²) in [5, 5.41) is 12.2. The molecule has 1 saturated heterocycles. The topological polar surface area (TPSA) is 69.6 Å². The third-order valence-corrected chi connectivity index (χ3v) is 4.95. The highest BCUT2D eigenvalue weighted by molar-refractivity contribution is 5.82. The molecule has 0 radical (unpaired) electrons. The molecule has 142 valence electrons. The van der Waals surface area contributed by atoms with E-state index in [-0.39, 0.29) is 30.6 Å². The van der Waals surface area contributed by atoms with E-state index in [1.54, 1.807) is 0 Å². The van der Waals surface area contributed by atoms with Gasteiger partial charge >= 0.3 is 6.09 Å². The Labute approximate surface area is 155 Å². The summed E-state index contributed by atoms with van der Waals surface area (Å²) in [6.07, 6.45) is -1.17. The van der Waals surface area contributed by atoms with Crippen molar-refractivity contribution in [2.45, 2.75) is 18.9 Å². The normalized spacial score (nSPS) is 20.3.